The number of nitrogens with one attached hydrogen (secondary N) is 6. The van der Waals surface area contributed by atoms with Crippen molar-refractivity contribution in [3.63, 3.8) is 0 Å². The number of esters is 1. The van der Waals surface area contributed by atoms with Crippen molar-refractivity contribution in [2.75, 3.05) is 19.6 Å². The van der Waals surface area contributed by atoms with Gasteiger partial charge in [-0.1, -0.05) is 49.6 Å². The van der Waals surface area contributed by atoms with Crippen LogP contribution in [0, 0.1) is 35.5 Å². The molecular weight excluding hydrogens is 732 g/mol. The van der Waals surface area contributed by atoms with Crippen molar-refractivity contribution in [3.05, 3.63) is 35.9 Å². The van der Waals surface area contributed by atoms with E-state index in [1.807, 2.05) is 30.3 Å². The van der Waals surface area contributed by atoms with Gasteiger partial charge in [0, 0.05) is 37.4 Å². The number of hydrogen-bond donors (Lipinski definition) is 6. The van der Waals surface area contributed by atoms with E-state index in [1.54, 1.807) is 41.5 Å². The van der Waals surface area contributed by atoms with Crippen LogP contribution in [-0.4, -0.2) is 85.0 Å². The van der Waals surface area contributed by atoms with Gasteiger partial charge >= 0.3 is 12.1 Å². The summed E-state index contributed by atoms with van der Waals surface area (Å²) in [4.78, 5) is 90.3. The van der Waals surface area contributed by atoms with Gasteiger partial charge in [0.15, 0.2) is 0 Å². The molecule has 0 heterocycles. The van der Waals surface area contributed by atoms with E-state index in [1.165, 1.54) is 0 Å². The zero-order valence-corrected chi connectivity index (χ0v) is 34.4. The molecule has 15 heteroatoms. The minimum atomic E-state index is -0.818. The molecule has 3 fully saturated rings. The first-order chi connectivity index (χ1) is 27.0. The molecule has 1 aromatic rings. The van der Waals surface area contributed by atoms with Crippen molar-refractivity contribution < 1.29 is 43.0 Å². The maximum Gasteiger partial charge on any atom is 0.407 e. The van der Waals surface area contributed by atoms with Crippen molar-refractivity contribution in [1.29, 1.82) is 0 Å². The van der Waals surface area contributed by atoms with E-state index in [2.05, 4.69) is 31.9 Å². The lowest BCUT2D eigenvalue weighted by atomic mass is 9.94. The van der Waals surface area contributed by atoms with Gasteiger partial charge in [-0.25, -0.2) is 9.59 Å². The van der Waals surface area contributed by atoms with Gasteiger partial charge in [-0.3, -0.25) is 24.0 Å². The number of benzene rings is 1. The van der Waals surface area contributed by atoms with Crippen molar-refractivity contribution in [2.24, 2.45) is 35.5 Å². The van der Waals surface area contributed by atoms with Crippen LogP contribution in [0.3, 0.4) is 0 Å². The molecule has 1 aromatic carbocycles. The van der Waals surface area contributed by atoms with Crippen molar-refractivity contribution in [1.82, 2.24) is 31.9 Å². The van der Waals surface area contributed by atoms with Crippen LogP contribution in [0.4, 0.5) is 4.79 Å². The van der Waals surface area contributed by atoms with E-state index in [9.17, 15) is 33.6 Å². The Hall–Kier alpha value is -4.69. The van der Waals surface area contributed by atoms with Crippen molar-refractivity contribution in [3.8, 4) is 0 Å². The standard InChI is InChI=1S/C42H64N6O9/c1-25(35(49)44-22-30-16-11-19-33(30)39(53)48-27(3)40(54)56-24-28-13-8-7-9-14-28)46-37(51)32-18-10-15-29(32)21-43-36(50)26(2)47-38(52)34-20-12-17-31(34)23-45-41(55)57-42(4,5)6/h7-9,13-14,25-27,29-34H,10-12,15-24H2,1-6H3,(H,43,50)(H,44,49)(H,45,55)(H,46,51)(H,47,52)(H,48,53). The fourth-order valence-electron chi connectivity index (χ4n) is 8.18. The van der Waals surface area contributed by atoms with Gasteiger partial charge in [0.1, 0.15) is 30.3 Å². The Bertz CT molecular complexity index is 1570. The van der Waals surface area contributed by atoms with Gasteiger partial charge in [0.2, 0.25) is 29.5 Å². The summed E-state index contributed by atoms with van der Waals surface area (Å²) in [6.07, 6.45) is 6.16. The predicted octanol–water partition coefficient (Wildman–Crippen LogP) is 3.25. The average molecular weight is 797 g/mol. The van der Waals surface area contributed by atoms with Gasteiger partial charge in [-0.2, -0.15) is 0 Å². The highest BCUT2D eigenvalue weighted by Crippen LogP contribution is 2.33. The molecule has 0 saturated heterocycles. The zero-order chi connectivity index (χ0) is 41.7. The average Bonchev–Trinajstić information content (AvgIpc) is 3.95. The molecule has 9 atom stereocenters. The topological polar surface area (TPSA) is 210 Å². The summed E-state index contributed by atoms with van der Waals surface area (Å²) in [5, 5.41) is 17.0. The molecule has 3 saturated carbocycles. The maximum atomic E-state index is 13.3. The molecule has 0 spiro atoms. The van der Waals surface area contributed by atoms with E-state index in [0.717, 1.165) is 44.1 Å². The Labute approximate surface area is 336 Å². The van der Waals surface area contributed by atoms with Gasteiger partial charge in [0.05, 0.1) is 0 Å². The second-order valence-electron chi connectivity index (χ2n) is 17.0. The monoisotopic (exact) mass is 796 g/mol. The number of carbonyl (C=O) groups excluding carboxylic acids is 7. The highest BCUT2D eigenvalue weighted by atomic mass is 16.6. The van der Waals surface area contributed by atoms with Crippen LogP contribution in [0.1, 0.15) is 105 Å². The first-order valence-electron chi connectivity index (χ1n) is 20.7. The van der Waals surface area contributed by atoms with Gasteiger partial charge < -0.3 is 41.4 Å². The van der Waals surface area contributed by atoms with E-state index >= 15 is 0 Å². The van der Waals surface area contributed by atoms with Gasteiger partial charge in [-0.05, 0) is 103 Å². The number of alkyl carbamates (subject to hydrolysis) is 1. The predicted molar refractivity (Wildman–Crippen MR) is 212 cm³/mol. The molecule has 15 nitrogen and oxygen atoms in total. The van der Waals surface area contributed by atoms with Crippen LogP contribution < -0.4 is 31.9 Å². The fraction of sp³-hybridized carbons (Fsp3) is 0.690. The smallest absolute Gasteiger partial charge is 0.407 e. The molecule has 6 amide bonds. The van der Waals surface area contributed by atoms with Crippen LogP contribution in [0.15, 0.2) is 30.3 Å². The molecule has 0 bridgehead atoms. The maximum absolute atomic E-state index is 13.3. The minimum absolute atomic E-state index is 0.0558. The van der Waals surface area contributed by atoms with Gasteiger partial charge in [0.25, 0.3) is 0 Å². The molecule has 9 unspecified atom stereocenters. The van der Waals surface area contributed by atoms with E-state index in [0.29, 0.717) is 25.8 Å². The SMILES string of the molecule is CC(NC(=O)C1CCCC1CNC(=O)OC(C)(C)C)C(=O)NCC1CCCC1C(=O)NC(C)C(=O)NCC1CCCC1C(=O)NC(C)C(=O)OCc1ccccc1. The molecule has 0 aliphatic heterocycles. The summed E-state index contributed by atoms with van der Waals surface area (Å²) < 4.78 is 10.7. The first kappa shape index (κ1) is 45.0. The third kappa shape index (κ3) is 14.0. The number of carbonyl (C=O) groups is 7. The molecule has 6 N–H and O–H groups in total. The summed E-state index contributed by atoms with van der Waals surface area (Å²) in [6, 6.07) is 6.88. The quantitative estimate of drug-likeness (QED) is 0.128. The Morgan fingerprint density at radius 3 is 1.42 bits per heavy atom. The Morgan fingerprint density at radius 1 is 0.596 bits per heavy atom. The molecule has 0 aromatic heterocycles. The van der Waals surface area contributed by atoms with E-state index < -0.39 is 35.8 Å². The third-order valence-electron chi connectivity index (χ3n) is 11.4. The Balaban J connectivity index is 1.15. The summed E-state index contributed by atoms with van der Waals surface area (Å²) in [5.41, 5.74) is 0.231. The van der Waals surface area contributed by atoms with Crippen LogP contribution in [0.5, 0.6) is 0 Å². The lowest BCUT2D eigenvalue weighted by Crippen LogP contribution is -2.50. The lowest BCUT2D eigenvalue weighted by Gasteiger charge is -2.25. The molecule has 57 heavy (non-hydrogen) atoms. The zero-order valence-electron chi connectivity index (χ0n) is 34.4. The van der Waals surface area contributed by atoms with Crippen LogP contribution in [0.2, 0.25) is 0 Å². The van der Waals surface area contributed by atoms with Gasteiger partial charge in [-0.15, -0.1) is 0 Å². The van der Waals surface area contributed by atoms with Crippen LogP contribution in [-0.2, 0) is 44.8 Å². The Kier molecular flexibility index (Phi) is 16.7. The highest BCUT2D eigenvalue weighted by molar-refractivity contribution is 5.90. The largest absolute Gasteiger partial charge is 0.459 e. The van der Waals surface area contributed by atoms with E-state index in [-0.39, 0.29) is 84.7 Å². The normalized spacial score (nSPS) is 24.6. The van der Waals surface area contributed by atoms with Crippen LogP contribution in [0.25, 0.3) is 0 Å². The van der Waals surface area contributed by atoms with Crippen molar-refractivity contribution >= 4 is 41.6 Å². The first-order valence-corrected chi connectivity index (χ1v) is 20.7. The lowest BCUT2D eigenvalue weighted by molar-refractivity contribution is -0.149. The summed E-state index contributed by atoms with van der Waals surface area (Å²) in [5.74, 6) is -3.32. The molecule has 3 aliphatic carbocycles. The second kappa shape index (κ2) is 21.2. The molecule has 0 radical (unpaired) electrons. The van der Waals surface area contributed by atoms with Crippen molar-refractivity contribution in [2.45, 2.75) is 130 Å². The number of hydrogen-bond acceptors (Lipinski definition) is 9. The van der Waals surface area contributed by atoms with E-state index in [4.69, 9.17) is 9.47 Å². The molecule has 316 valence electrons. The second-order valence-corrected chi connectivity index (χ2v) is 17.0. The fourth-order valence-corrected chi connectivity index (χ4v) is 8.18. The summed E-state index contributed by atoms with van der Waals surface area (Å²) in [7, 11) is 0. The minimum Gasteiger partial charge on any atom is -0.459 e. The molecule has 4 rings (SSSR count). The van der Waals surface area contributed by atoms with Crippen LogP contribution >= 0.6 is 0 Å². The molecule has 3 aliphatic rings. The third-order valence-corrected chi connectivity index (χ3v) is 11.4. The Morgan fingerprint density at radius 2 is 1.00 bits per heavy atom. The molecular formula is C42H64N6O9. The number of ether oxygens (including phenoxy) is 2. The number of rotatable bonds is 17. The highest BCUT2D eigenvalue weighted by Gasteiger charge is 2.38. The summed E-state index contributed by atoms with van der Waals surface area (Å²) >= 11 is 0. The summed E-state index contributed by atoms with van der Waals surface area (Å²) in [6.45, 7) is 11.1. The number of amides is 6.